The van der Waals surface area contributed by atoms with Gasteiger partial charge in [0.15, 0.2) is 5.60 Å². The summed E-state index contributed by atoms with van der Waals surface area (Å²) in [5.74, 6) is 0. The van der Waals surface area contributed by atoms with Crippen LogP contribution in [0.4, 0.5) is 0 Å². The Morgan fingerprint density at radius 2 is 2.05 bits per heavy atom. The number of methoxy groups -OCH3 is 1. The van der Waals surface area contributed by atoms with E-state index in [1.807, 2.05) is 37.3 Å². The SMILES string of the molecule is CCn1ncc(Cl)c1C(O)(COC)c1ccccc1. The Balaban J connectivity index is 2.59. The molecule has 1 heterocycles. The summed E-state index contributed by atoms with van der Waals surface area (Å²) < 4.78 is 6.88. The highest BCUT2D eigenvalue weighted by atomic mass is 35.5. The van der Waals surface area contributed by atoms with Gasteiger partial charge in [0, 0.05) is 13.7 Å². The summed E-state index contributed by atoms with van der Waals surface area (Å²) in [6, 6.07) is 9.34. The molecule has 0 fully saturated rings. The second-order valence-corrected chi connectivity index (χ2v) is 4.72. The fourth-order valence-electron chi connectivity index (χ4n) is 2.22. The Morgan fingerprint density at radius 1 is 1.37 bits per heavy atom. The fourth-order valence-corrected chi connectivity index (χ4v) is 2.52. The first-order valence-electron chi connectivity index (χ1n) is 6.12. The number of rotatable bonds is 5. The number of nitrogens with zero attached hydrogens (tertiary/aromatic N) is 2. The van der Waals surface area contributed by atoms with Gasteiger partial charge in [-0.3, -0.25) is 4.68 Å². The molecule has 1 atom stereocenters. The zero-order chi connectivity index (χ0) is 13.9. The van der Waals surface area contributed by atoms with Crippen molar-refractivity contribution in [2.75, 3.05) is 13.7 Å². The molecule has 5 heteroatoms. The highest BCUT2D eigenvalue weighted by molar-refractivity contribution is 6.31. The monoisotopic (exact) mass is 280 g/mol. The molecule has 1 unspecified atom stereocenters. The predicted octanol–water partition coefficient (Wildman–Crippen LogP) is 2.44. The zero-order valence-electron chi connectivity index (χ0n) is 11.0. The summed E-state index contributed by atoms with van der Waals surface area (Å²) in [7, 11) is 1.55. The van der Waals surface area contributed by atoms with Gasteiger partial charge in [0.25, 0.3) is 0 Å². The molecule has 0 spiro atoms. The quantitative estimate of drug-likeness (QED) is 0.915. The van der Waals surface area contributed by atoms with Gasteiger partial charge in [-0.25, -0.2) is 0 Å². The van der Waals surface area contributed by atoms with E-state index in [-0.39, 0.29) is 6.61 Å². The Hall–Kier alpha value is -1.36. The first-order chi connectivity index (χ1) is 9.13. The minimum absolute atomic E-state index is 0.114. The van der Waals surface area contributed by atoms with Crippen molar-refractivity contribution in [3.63, 3.8) is 0 Å². The van der Waals surface area contributed by atoms with Crippen molar-refractivity contribution in [3.8, 4) is 0 Å². The number of hydrogen-bond donors (Lipinski definition) is 1. The number of hydrogen-bond acceptors (Lipinski definition) is 3. The second-order valence-electron chi connectivity index (χ2n) is 4.32. The first-order valence-corrected chi connectivity index (χ1v) is 6.50. The van der Waals surface area contributed by atoms with Crippen molar-refractivity contribution in [1.82, 2.24) is 9.78 Å². The summed E-state index contributed by atoms with van der Waals surface area (Å²) in [5, 5.41) is 15.7. The maximum atomic E-state index is 11.1. The second kappa shape index (κ2) is 5.74. The van der Waals surface area contributed by atoms with Gasteiger partial charge in [-0.05, 0) is 12.5 Å². The third-order valence-corrected chi connectivity index (χ3v) is 3.37. The lowest BCUT2D eigenvalue weighted by Gasteiger charge is -2.29. The van der Waals surface area contributed by atoms with Crippen LogP contribution in [-0.4, -0.2) is 28.6 Å². The van der Waals surface area contributed by atoms with Gasteiger partial charge in [-0.2, -0.15) is 5.10 Å². The molecule has 4 nitrogen and oxygen atoms in total. The fraction of sp³-hybridized carbons (Fsp3) is 0.357. The van der Waals surface area contributed by atoms with Crippen molar-refractivity contribution in [2.24, 2.45) is 0 Å². The molecule has 0 aliphatic rings. The summed E-state index contributed by atoms with van der Waals surface area (Å²) in [4.78, 5) is 0. The molecule has 19 heavy (non-hydrogen) atoms. The number of aryl methyl sites for hydroxylation is 1. The van der Waals surface area contributed by atoms with Crippen LogP contribution in [0.25, 0.3) is 0 Å². The molecule has 1 N–H and O–H groups in total. The smallest absolute Gasteiger partial charge is 0.156 e. The van der Waals surface area contributed by atoms with E-state index in [1.165, 1.54) is 0 Å². The van der Waals surface area contributed by atoms with Crippen molar-refractivity contribution in [1.29, 1.82) is 0 Å². The van der Waals surface area contributed by atoms with Crippen LogP contribution in [0.5, 0.6) is 0 Å². The molecule has 2 aromatic rings. The lowest BCUT2D eigenvalue weighted by atomic mass is 9.91. The molecule has 0 saturated carbocycles. The molecule has 0 saturated heterocycles. The Labute approximate surface area is 117 Å². The number of aliphatic hydroxyl groups is 1. The van der Waals surface area contributed by atoms with E-state index in [1.54, 1.807) is 18.0 Å². The molecule has 0 radical (unpaired) electrons. The van der Waals surface area contributed by atoms with E-state index < -0.39 is 5.60 Å². The van der Waals surface area contributed by atoms with Gasteiger partial charge in [0.05, 0.1) is 23.5 Å². The van der Waals surface area contributed by atoms with Crippen LogP contribution < -0.4 is 0 Å². The standard InChI is InChI=1S/C14H17ClN2O2/c1-3-17-13(12(15)9-16-17)14(18,10-19-2)11-7-5-4-6-8-11/h4-9,18H,3,10H2,1-2H3. The van der Waals surface area contributed by atoms with Gasteiger partial charge in [-0.1, -0.05) is 41.9 Å². The van der Waals surface area contributed by atoms with E-state index in [0.717, 1.165) is 5.56 Å². The molecule has 102 valence electrons. The van der Waals surface area contributed by atoms with Gasteiger partial charge in [0.1, 0.15) is 0 Å². The van der Waals surface area contributed by atoms with Crippen LogP contribution in [-0.2, 0) is 16.9 Å². The van der Waals surface area contributed by atoms with E-state index in [2.05, 4.69) is 5.10 Å². The third-order valence-electron chi connectivity index (χ3n) is 3.09. The lowest BCUT2D eigenvalue weighted by molar-refractivity contribution is -0.00942. The van der Waals surface area contributed by atoms with E-state index in [0.29, 0.717) is 17.3 Å². The van der Waals surface area contributed by atoms with Crippen LogP contribution in [0.2, 0.25) is 5.02 Å². The van der Waals surface area contributed by atoms with Crippen LogP contribution in [0.15, 0.2) is 36.5 Å². The number of halogens is 1. The van der Waals surface area contributed by atoms with Crippen LogP contribution in [0, 0.1) is 0 Å². The largest absolute Gasteiger partial charge is 0.381 e. The minimum atomic E-state index is -1.31. The average molecular weight is 281 g/mol. The van der Waals surface area contributed by atoms with Gasteiger partial charge in [-0.15, -0.1) is 0 Å². The van der Waals surface area contributed by atoms with Gasteiger partial charge in [0.2, 0.25) is 0 Å². The summed E-state index contributed by atoms with van der Waals surface area (Å²) in [6.45, 7) is 2.69. The van der Waals surface area contributed by atoms with Crippen LogP contribution in [0.3, 0.4) is 0 Å². The Morgan fingerprint density at radius 3 is 2.63 bits per heavy atom. The number of aromatic nitrogens is 2. The van der Waals surface area contributed by atoms with Crippen molar-refractivity contribution in [2.45, 2.75) is 19.1 Å². The highest BCUT2D eigenvalue weighted by Crippen LogP contribution is 2.34. The van der Waals surface area contributed by atoms with Crippen molar-refractivity contribution < 1.29 is 9.84 Å². The minimum Gasteiger partial charge on any atom is -0.381 e. The molecule has 0 aliphatic heterocycles. The first kappa shape index (κ1) is 14.1. The molecule has 0 bridgehead atoms. The van der Waals surface area contributed by atoms with Crippen molar-refractivity contribution >= 4 is 11.6 Å². The third kappa shape index (κ3) is 2.52. The molecule has 2 rings (SSSR count). The maximum absolute atomic E-state index is 11.1. The summed E-state index contributed by atoms with van der Waals surface area (Å²) in [6.07, 6.45) is 1.55. The van der Waals surface area contributed by atoms with Crippen LogP contribution >= 0.6 is 11.6 Å². The Kier molecular flexibility index (Phi) is 4.24. The van der Waals surface area contributed by atoms with E-state index in [4.69, 9.17) is 16.3 Å². The maximum Gasteiger partial charge on any atom is 0.156 e. The topological polar surface area (TPSA) is 47.3 Å². The molecular weight excluding hydrogens is 264 g/mol. The molecule has 0 aliphatic carbocycles. The summed E-state index contributed by atoms with van der Waals surface area (Å²) in [5.41, 5.74) is -0.0155. The molecular formula is C14H17ClN2O2. The van der Waals surface area contributed by atoms with E-state index >= 15 is 0 Å². The van der Waals surface area contributed by atoms with Crippen LogP contribution in [0.1, 0.15) is 18.2 Å². The summed E-state index contributed by atoms with van der Waals surface area (Å²) >= 11 is 6.19. The average Bonchev–Trinajstić information content (AvgIpc) is 2.81. The normalized spacial score (nSPS) is 14.3. The Bertz CT molecular complexity index is 542. The van der Waals surface area contributed by atoms with Gasteiger partial charge >= 0.3 is 0 Å². The van der Waals surface area contributed by atoms with Crippen molar-refractivity contribution in [3.05, 3.63) is 52.8 Å². The predicted molar refractivity (Wildman–Crippen MR) is 74.2 cm³/mol. The lowest BCUT2D eigenvalue weighted by Crippen LogP contribution is -2.35. The zero-order valence-corrected chi connectivity index (χ0v) is 11.8. The molecule has 1 aromatic carbocycles. The van der Waals surface area contributed by atoms with E-state index in [9.17, 15) is 5.11 Å². The highest BCUT2D eigenvalue weighted by Gasteiger charge is 2.37. The molecule has 1 aromatic heterocycles. The number of benzene rings is 1. The number of ether oxygens (including phenoxy) is 1. The molecule has 0 amide bonds. The van der Waals surface area contributed by atoms with Gasteiger partial charge < -0.3 is 9.84 Å².